The highest BCUT2D eigenvalue weighted by Crippen LogP contribution is 2.21. The smallest absolute Gasteiger partial charge is 0.256 e. The molecule has 0 fully saturated rings. The summed E-state index contributed by atoms with van der Waals surface area (Å²) in [4.78, 5) is 12.1. The highest BCUT2D eigenvalue weighted by atomic mass is 32.2. The van der Waals surface area contributed by atoms with Crippen LogP contribution < -0.4 is 5.32 Å². The number of thioether (sulfide) groups is 1. The van der Waals surface area contributed by atoms with Gasteiger partial charge in [-0.3, -0.25) is 4.79 Å². The molecule has 0 atom stereocenters. The van der Waals surface area contributed by atoms with Gasteiger partial charge in [-0.1, -0.05) is 59.8 Å². The van der Waals surface area contributed by atoms with Gasteiger partial charge in [-0.15, -0.1) is 10.2 Å². The van der Waals surface area contributed by atoms with Crippen molar-refractivity contribution in [3.8, 4) is 0 Å². The number of rotatable bonds is 5. The largest absolute Gasteiger partial charge is 0.305 e. The molecule has 2 aromatic carbocycles. The van der Waals surface area contributed by atoms with Crippen molar-refractivity contribution in [2.75, 3.05) is 5.32 Å². The van der Waals surface area contributed by atoms with Gasteiger partial charge in [0.05, 0.1) is 0 Å². The van der Waals surface area contributed by atoms with E-state index in [1.807, 2.05) is 24.3 Å². The highest BCUT2D eigenvalue weighted by Gasteiger charge is 2.06. The summed E-state index contributed by atoms with van der Waals surface area (Å²) in [6.45, 7) is 2.08. The molecule has 0 radical (unpaired) electrons. The summed E-state index contributed by atoms with van der Waals surface area (Å²) in [7, 11) is 0. The van der Waals surface area contributed by atoms with Gasteiger partial charge in [0.25, 0.3) is 5.91 Å². The van der Waals surface area contributed by atoms with Crippen LogP contribution >= 0.6 is 11.8 Å². The van der Waals surface area contributed by atoms with Crippen molar-refractivity contribution in [1.29, 1.82) is 0 Å². The molecule has 1 N–H and O–H groups in total. The fourth-order valence-corrected chi connectivity index (χ4v) is 2.96. The maximum Gasteiger partial charge on any atom is 0.256 e. The number of nitrogens with zero attached hydrogens (tertiary/aromatic N) is 2. The number of aromatic nitrogens is 2. The minimum atomic E-state index is -0.190. The van der Waals surface area contributed by atoms with Crippen molar-refractivity contribution in [3.63, 3.8) is 0 Å². The number of nitrogens with one attached hydrogen (secondary N) is 1. The molecule has 0 saturated heterocycles. The van der Waals surface area contributed by atoms with E-state index in [0.717, 1.165) is 10.8 Å². The van der Waals surface area contributed by atoms with Crippen LogP contribution in [-0.4, -0.2) is 16.1 Å². The molecule has 0 bridgehead atoms. The van der Waals surface area contributed by atoms with E-state index in [2.05, 4.69) is 46.7 Å². The topological polar surface area (TPSA) is 54.9 Å². The van der Waals surface area contributed by atoms with E-state index in [-0.39, 0.29) is 5.91 Å². The normalized spacial score (nSPS) is 10.4. The fraction of sp³-hybridized carbons (Fsp3) is 0.105. The number of hydrogen-bond acceptors (Lipinski definition) is 4. The lowest BCUT2D eigenvalue weighted by Crippen LogP contribution is -2.13. The molecule has 0 aliphatic rings. The van der Waals surface area contributed by atoms with Gasteiger partial charge < -0.3 is 5.32 Å². The quantitative estimate of drug-likeness (QED) is 0.705. The summed E-state index contributed by atoms with van der Waals surface area (Å²) < 4.78 is 0. The zero-order chi connectivity index (χ0) is 16.8. The first-order chi connectivity index (χ1) is 11.7. The Balaban J connectivity index is 1.58. The number of hydrogen-bond donors (Lipinski definition) is 1. The molecule has 3 aromatic rings. The lowest BCUT2D eigenvalue weighted by Gasteiger charge is -2.05. The standard InChI is InChI=1S/C19H17N3OS/c1-14-6-5-7-15(12-14)13-24-18-11-10-17(21-22-18)20-19(23)16-8-3-2-4-9-16/h2-12H,13H2,1H3,(H,20,21,23). The first-order valence-corrected chi connectivity index (χ1v) is 8.58. The third-order valence-corrected chi connectivity index (χ3v) is 4.38. The van der Waals surface area contributed by atoms with E-state index in [9.17, 15) is 4.79 Å². The zero-order valence-electron chi connectivity index (χ0n) is 13.3. The molecule has 0 unspecified atom stereocenters. The third kappa shape index (κ3) is 4.43. The second-order valence-corrected chi connectivity index (χ2v) is 6.35. The van der Waals surface area contributed by atoms with E-state index in [1.54, 1.807) is 30.0 Å². The molecular formula is C19H17N3OS. The second kappa shape index (κ2) is 7.75. The van der Waals surface area contributed by atoms with Crippen LogP contribution in [0.1, 0.15) is 21.5 Å². The molecule has 4 nitrogen and oxygen atoms in total. The summed E-state index contributed by atoms with van der Waals surface area (Å²) in [5.74, 6) is 1.10. The number of amides is 1. The molecule has 0 aliphatic carbocycles. The van der Waals surface area contributed by atoms with Gasteiger partial charge in [0.1, 0.15) is 5.03 Å². The Morgan fingerprint density at radius 2 is 1.83 bits per heavy atom. The SMILES string of the molecule is Cc1cccc(CSc2ccc(NC(=O)c3ccccc3)nn2)c1. The van der Waals surface area contributed by atoms with Gasteiger partial charge >= 0.3 is 0 Å². The van der Waals surface area contributed by atoms with E-state index >= 15 is 0 Å². The maximum atomic E-state index is 12.1. The summed E-state index contributed by atoms with van der Waals surface area (Å²) >= 11 is 1.62. The number of carbonyl (C=O) groups is 1. The summed E-state index contributed by atoms with van der Waals surface area (Å²) in [6.07, 6.45) is 0. The lowest BCUT2D eigenvalue weighted by atomic mass is 10.2. The Labute approximate surface area is 145 Å². The number of benzene rings is 2. The van der Waals surface area contributed by atoms with Crippen LogP contribution in [0.3, 0.4) is 0 Å². The molecule has 120 valence electrons. The minimum Gasteiger partial charge on any atom is -0.305 e. The lowest BCUT2D eigenvalue weighted by molar-refractivity contribution is 0.102. The average molecular weight is 335 g/mol. The van der Waals surface area contributed by atoms with E-state index < -0.39 is 0 Å². The van der Waals surface area contributed by atoms with Crippen molar-refractivity contribution >= 4 is 23.5 Å². The molecule has 0 aliphatic heterocycles. The molecule has 5 heteroatoms. The average Bonchev–Trinajstić information content (AvgIpc) is 2.62. The van der Waals surface area contributed by atoms with Gasteiger partial charge in [0.2, 0.25) is 0 Å². The van der Waals surface area contributed by atoms with Crippen LogP contribution in [0.4, 0.5) is 5.82 Å². The molecule has 1 heterocycles. The first kappa shape index (κ1) is 16.2. The van der Waals surface area contributed by atoms with Crippen LogP contribution in [-0.2, 0) is 5.75 Å². The molecule has 0 spiro atoms. The van der Waals surface area contributed by atoms with Crippen LogP contribution in [0.5, 0.6) is 0 Å². The Kier molecular flexibility index (Phi) is 5.23. The first-order valence-electron chi connectivity index (χ1n) is 7.59. The van der Waals surface area contributed by atoms with Gasteiger partial charge in [0, 0.05) is 11.3 Å². The predicted octanol–water partition coefficient (Wildman–Crippen LogP) is 4.33. The Morgan fingerprint density at radius 3 is 2.54 bits per heavy atom. The van der Waals surface area contributed by atoms with E-state index in [4.69, 9.17) is 0 Å². The second-order valence-electron chi connectivity index (χ2n) is 5.35. The van der Waals surface area contributed by atoms with Crippen LogP contribution in [0.15, 0.2) is 71.8 Å². The fourth-order valence-electron chi connectivity index (χ4n) is 2.20. The summed E-state index contributed by atoms with van der Waals surface area (Å²) in [5, 5.41) is 11.8. The molecule has 1 amide bonds. The summed E-state index contributed by atoms with van der Waals surface area (Å²) in [6, 6.07) is 21.1. The van der Waals surface area contributed by atoms with E-state index in [1.165, 1.54) is 11.1 Å². The molecule has 3 rings (SSSR count). The molecule has 1 aromatic heterocycles. The zero-order valence-corrected chi connectivity index (χ0v) is 14.1. The maximum absolute atomic E-state index is 12.1. The number of anilines is 1. The van der Waals surface area contributed by atoms with Gasteiger partial charge in [-0.2, -0.15) is 0 Å². The highest BCUT2D eigenvalue weighted by molar-refractivity contribution is 7.98. The monoisotopic (exact) mass is 335 g/mol. The molecule has 24 heavy (non-hydrogen) atoms. The van der Waals surface area contributed by atoms with E-state index in [0.29, 0.717) is 11.4 Å². The third-order valence-electron chi connectivity index (χ3n) is 3.39. The van der Waals surface area contributed by atoms with Crippen molar-refractivity contribution in [1.82, 2.24) is 10.2 Å². The molecular weight excluding hydrogens is 318 g/mol. The summed E-state index contributed by atoms with van der Waals surface area (Å²) in [5.41, 5.74) is 3.10. The van der Waals surface area contributed by atoms with Crippen LogP contribution in [0.25, 0.3) is 0 Å². The van der Waals surface area contributed by atoms with Gasteiger partial charge in [0.15, 0.2) is 5.82 Å². The van der Waals surface area contributed by atoms with Crippen LogP contribution in [0.2, 0.25) is 0 Å². The van der Waals surface area contributed by atoms with Crippen LogP contribution in [0, 0.1) is 6.92 Å². The number of carbonyl (C=O) groups excluding carboxylic acids is 1. The predicted molar refractivity (Wildman–Crippen MR) is 97.2 cm³/mol. The minimum absolute atomic E-state index is 0.190. The van der Waals surface area contributed by atoms with Gasteiger partial charge in [-0.05, 0) is 36.8 Å². The number of aryl methyl sites for hydroxylation is 1. The van der Waals surface area contributed by atoms with Gasteiger partial charge in [-0.25, -0.2) is 0 Å². The van der Waals surface area contributed by atoms with Crippen molar-refractivity contribution in [3.05, 3.63) is 83.4 Å². The van der Waals surface area contributed by atoms with Crippen molar-refractivity contribution in [2.45, 2.75) is 17.7 Å². The molecule has 0 saturated carbocycles. The Morgan fingerprint density at radius 1 is 1.00 bits per heavy atom. The van der Waals surface area contributed by atoms with Crippen molar-refractivity contribution in [2.24, 2.45) is 0 Å². The van der Waals surface area contributed by atoms with Crippen molar-refractivity contribution < 1.29 is 4.79 Å². The Hall–Kier alpha value is -2.66. The Bertz CT molecular complexity index is 820.